The summed E-state index contributed by atoms with van der Waals surface area (Å²) in [4.78, 5) is 24.6. The highest BCUT2D eigenvalue weighted by Gasteiger charge is 2.25. The summed E-state index contributed by atoms with van der Waals surface area (Å²) >= 11 is 0. The molecule has 0 atom stereocenters. The molecular formula is C15H22N2O4. The number of hydrogen-bond acceptors (Lipinski definition) is 4. The molecule has 6 nitrogen and oxygen atoms in total. The lowest BCUT2D eigenvalue weighted by Crippen LogP contribution is -2.48. The highest BCUT2D eigenvalue weighted by atomic mass is 16.5. The third kappa shape index (κ3) is 5.43. The van der Waals surface area contributed by atoms with E-state index in [-0.39, 0.29) is 19.0 Å². The average molecular weight is 294 g/mol. The van der Waals surface area contributed by atoms with Crippen LogP contribution in [0.15, 0.2) is 24.3 Å². The summed E-state index contributed by atoms with van der Waals surface area (Å²) in [6.07, 6.45) is 0. The zero-order chi connectivity index (χ0) is 16.0. The van der Waals surface area contributed by atoms with E-state index in [0.29, 0.717) is 11.4 Å². The van der Waals surface area contributed by atoms with Crippen molar-refractivity contribution >= 4 is 17.6 Å². The maximum absolute atomic E-state index is 12.1. The van der Waals surface area contributed by atoms with Crippen LogP contribution < -0.4 is 10.1 Å². The topological polar surface area (TPSA) is 78.9 Å². The number of nitrogens with zero attached hydrogens (tertiary/aromatic N) is 1. The Kier molecular flexibility index (Phi) is 5.72. The third-order valence-corrected chi connectivity index (χ3v) is 2.99. The Bertz CT molecular complexity index is 509. The van der Waals surface area contributed by atoms with Crippen LogP contribution in [0, 0.1) is 0 Å². The quantitative estimate of drug-likeness (QED) is 0.836. The summed E-state index contributed by atoms with van der Waals surface area (Å²) in [5, 5.41) is 11.7. The molecule has 0 bridgehead atoms. The number of carboxylic acid groups (broad SMARTS) is 1. The standard InChI is InChI=1S/C15H22N2O4/c1-15(2,3)17(10-14(19)20)9-13(18)16-11-7-5-6-8-12(11)21-4/h5-8H,9-10H2,1-4H3,(H,16,18)(H,19,20). The van der Waals surface area contributed by atoms with Gasteiger partial charge in [0.1, 0.15) is 5.75 Å². The lowest BCUT2D eigenvalue weighted by molar-refractivity contribution is -0.140. The number of benzene rings is 1. The molecule has 0 radical (unpaired) electrons. The third-order valence-electron chi connectivity index (χ3n) is 2.99. The van der Waals surface area contributed by atoms with E-state index >= 15 is 0 Å². The van der Waals surface area contributed by atoms with E-state index in [4.69, 9.17) is 9.84 Å². The van der Waals surface area contributed by atoms with Crippen LogP contribution in [0.4, 0.5) is 5.69 Å². The van der Waals surface area contributed by atoms with Crippen molar-refractivity contribution in [1.82, 2.24) is 4.90 Å². The molecular weight excluding hydrogens is 272 g/mol. The van der Waals surface area contributed by atoms with Gasteiger partial charge in [-0.1, -0.05) is 12.1 Å². The molecule has 0 saturated carbocycles. The van der Waals surface area contributed by atoms with Gasteiger partial charge in [0, 0.05) is 5.54 Å². The minimum Gasteiger partial charge on any atom is -0.495 e. The van der Waals surface area contributed by atoms with Crippen molar-refractivity contribution in [2.45, 2.75) is 26.3 Å². The molecule has 0 saturated heterocycles. The smallest absolute Gasteiger partial charge is 0.317 e. The largest absolute Gasteiger partial charge is 0.495 e. The fourth-order valence-electron chi connectivity index (χ4n) is 1.80. The molecule has 0 unspecified atom stereocenters. The van der Waals surface area contributed by atoms with Gasteiger partial charge in [0.25, 0.3) is 0 Å². The van der Waals surface area contributed by atoms with Gasteiger partial charge >= 0.3 is 5.97 Å². The Labute approximate surface area is 124 Å². The van der Waals surface area contributed by atoms with Gasteiger partial charge in [0.2, 0.25) is 5.91 Å². The normalized spacial score (nSPS) is 11.3. The van der Waals surface area contributed by atoms with E-state index in [1.54, 1.807) is 29.2 Å². The highest BCUT2D eigenvalue weighted by Crippen LogP contribution is 2.23. The summed E-state index contributed by atoms with van der Waals surface area (Å²) in [6, 6.07) is 7.07. The Hall–Kier alpha value is -2.08. The monoisotopic (exact) mass is 294 g/mol. The SMILES string of the molecule is COc1ccccc1NC(=O)CN(CC(=O)O)C(C)(C)C. The van der Waals surface area contributed by atoms with Gasteiger partial charge < -0.3 is 15.2 Å². The molecule has 1 amide bonds. The van der Waals surface area contributed by atoms with Crippen molar-refractivity contribution in [3.8, 4) is 5.75 Å². The molecule has 1 rings (SSSR count). The van der Waals surface area contributed by atoms with Gasteiger partial charge in [-0.25, -0.2) is 0 Å². The molecule has 1 aromatic carbocycles. The van der Waals surface area contributed by atoms with Crippen LogP contribution in [0.25, 0.3) is 0 Å². The summed E-state index contributed by atoms with van der Waals surface area (Å²) in [5.74, 6) is -0.683. The fraction of sp³-hybridized carbons (Fsp3) is 0.467. The summed E-state index contributed by atoms with van der Waals surface area (Å²) in [7, 11) is 1.52. The zero-order valence-electron chi connectivity index (χ0n) is 12.8. The number of carbonyl (C=O) groups is 2. The predicted octanol–water partition coefficient (Wildman–Crippen LogP) is 1.82. The number of rotatable bonds is 6. The van der Waals surface area contributed by atoms with Crippen LogP contribution in [0.1, 0.15) is 20.8 Å². The average Bonchev–Trinajstić information content (AvgIpc) is 2.37. The number of para-hydroxylation sites is 2. The lowest BCUT2D eigenvalue weighted by Gasteiger charge is -2.33. The number of ether oxygens (including phenoxy) is 1. The maximum atomic E-state index is 12.1. The van der Waals surface area contributed by atoms with Crippen LogP contribution in [0.2, 0.25) is 0 Å². The van der Waals surface area contributed by atoms with Gasteiger partial charge in [-0.15, -0.1) is 0 Å². The molecule has 0 aliphatic carbocycles. The molecule has 0 aliphatic rings. The summed E-state index contributed by atoms with van der Waals surface area (Å²) in [5.41, 5.74) is 0.144. The first kappa shape index (κ1) is 17.0. The number of carbonyl (C=O) groups excluding carboxylic acids is 1. The molecule has 1 aromatic rings. The second-order valence-electron chi connectivity index (χ2n) is 5.67. The maximum Gasteiger partial charge on any atom is 0.317 e. The highest BCUT2D eigenvalue weighted by molar-refractivity contribution is 5.94. The van der Waals surface area contributed by atoms with Crippen LogP contribution in [0.3, 0.4) is 0 Å². The van der Waals surface area contributed by atoms with Gasteiger partial charge in [-0.3, -0.25) is 14.5 Å². The minimum absolute atomic E-state index is 0.00610. The molecule has 0 heterocycles. The van der Waals surface area contributed by atoms with Crippen molar-refractivity contribution in [3.05, 3.63) is 24.3 Å². The first-order valence-corrected chi connectivity index (χ1v) is 6.63. The van der Waals surface area contributed by atoms with Crippen molar-refractivity contribution in [2.24, 2.45) is 0 Å². The number of nitrogens with one attached hydrogen (secondary N) is 1. The summed E-state index contributed by atoms with van der Waals surface area (Å²) < 4.78 is 5.16. The van der Waals surface area contributed by atoms with Crippen molar-refractivity contribution in [3.63, 3.8) is 0 Å². The second kappa shape index (κ2) is 7.08. The van der Waals surface area contributed by atoms with Crippen molar-refractivity contribution < 1.29 is 19.4 Å². The van der Waals surface area contributed by atoms with Crippen LogP contribution >= 0.6 is 0 Å². The number of anilines is 1. The predicted molar refractivity (Wildman–Crippen MR) is 80.6 cm³/mol. The Balaban J connectivity index is 2.76. The first-order valence-electron chi connectivity index (χ1n) is 6.63. The second-order valence-corrected chi connectivity index (χ2v) is 5.67. The minimum atomic E-state index is -0.963. The lowest BCUT2D eigenvalue weighted by atomic mass is 10.1. The van der Waals surface area contributed by atoms with Gasteiger partial charge in [0.05, 0.1) is 25.9 Å². The number of amides is 1. The van der Waals surface area contributed by atoms with Gasteiger partial charge in [0.15, 0.2) is 0 Å². The molecule has 0 fully saturated rings. The fourth-order valence-corrected chi connectivity index (χ4v) is 1.80. The zero-order valence-corrected chi connectivity index (χ0v) is 12.8. The molecule has 2 N–H and O–H groups in total. The summed E-state index contributed by atoms with van der Waals surface area (Å²) in [6.45, 7) is 5.40. The number of methoxy groups -OCH3 is 1. The van der Waals surface area contributed by atoms with Gasteiger partial charge in [-0.2, -0.15) is 0 Å². The Morgan fingerprint density at radius 3 is 2.38 bits per heavy atom. The molecule has 6 heteroatoms. The molecule has 116 valence electrons. The molecule has 21 heavy (non-hydrogen) atoms. The van der Waals surface area contributed by atoms with E-state index in [1.807, 2.05) is 20.8 Å². The molecule has 0 aromatic heterocycles. The van der Waals surface area contributed by atoms with Crippen LogP contribution in [0.5, 0.6) is 5.75 Å². The van der Waals surface area contributed by atoms with Crippen molar-refractivity contribution in [2.75, 3.05) is 25.5 Å². The Morgan fingerprint density at radius 2 is 1.86 bits per heavy atom. The molecule has 0 aliphatic heterocycles. The number of aliphatic carboxylic acids is 1. The first-order chi connectivity index (χ1) is 9.74. The van der Waals surface area contributed by atoms with E-state index in [9.17, 15) is 9.59 Å². The van der Waals surface area contributed by atoms with E-state index in [1.165, 1.54) is 7.11 Å². The Morgan fingerprint density at radius 1 is 1.24 bits per heavy atom. The molecule has 0 spiro atoms. The number of carboxylic acids is 1. The van der Waals surface area contributed by atoms with E-state index in [0.717, 1.165) is 0 Å². The van der Waals surface area contributed by atoms with Crippen LogP contribution in [-0.2, 0) is 9.59 Å². The van der Waals surface area contributed by atoms with Gasteiger partial charge in [-0.05, 0) is 32.9 Å². The van der Waals surface area contributed by atoms with E-state index < -0.39 is 11.5 Å². The van der Waals surface area contributed by atoms with Crippen molar-refractivity contribution in [1.29, 1.82) is 0 Å². The van der Waals surface area contributed by atoms with E-state index in [2.05, 4.69) is 5.32 Å². The number of hydrogen-bond donors (Lipinski definition) is 2. The van der Waals surface area contributed by atoms with Crippen LogP contribution in [-0.4, -0.2) is 47.6 Å².